The molecule has 1 amide bonds. The lowest BCUT2D eigenvalue weighted by Gasteiger charge is -2.37. The Kier molecular flexibility index (Phi) is 8.98. The normalized spacial score (nSPS) is 14.9. The molecular weight excluding hydrogens is 466 g/mol. The number of aliphatic hydroxyl groups is 1. The first-order chi connectivity index (χ1) is 17.9. The van der Waals surface area contributed by atoms with Crippen LogP contribution in [0.3, 0.4) is 0 Å². The molecule has 1 unspecified atom stereocenters. The molecule has 196 valence electrons. The number of hydrogen-bond acceptors (Lipinski definition) is 7. The molecule has 0 radical (unpaired) electrons. The number of hydrogen-bond donors (Lipinski definition) is 3. The van der Waals surface area contributed by atoms with Gasteiger partial charge in [-0.1, -0.05) is 29.8 Å². The molecule has 0 spiro atoms. The maximum atomic E-state index is 12.9. The van der Waals surface area contributed by atoms with E-state index in [4.69, 9.17) is 4.74 Å². The first-order valence-corrected chi connectivity index (χ1v) is 12.9. The number of carbonyl (C=O) groups is 1. The molecule has 2 aromatic carbocycles. The number of rotatable bonds is 10. The zero-order chi connectivity index (χ0) is 26.2. The average molecular weight is 504 g/mol. The van der Waals surface area contributed by atoms with E-state index in [2.05, 4.69) is 31.5 Å². The minimum absolute atomic E-state index is 0.119. The molecule has 0 saturated carbocycles. The number of aliphatic hydroxyl groups excluding tert-OH is 1. The van der Waals surface area contributed by atoms with Crippen LogP contribution in [0.15, 0.2) is 66.9 Å². The van der Waals surface area contributed by atoms with Gasteiger partial charge >= 0.3 is 0 Å². The zero-order valence-corrected chi connectivity index (χ0v) is 21.9. The largest absolute Gasteiger partial charge is 0.489 e. The number of β-amino-alcohol motifs (C(OH)–C–C–N with tert-alkyl or cyclic N) is 1. The van der Waals surface area contributed by atoms with Crippen molar-refractivity contribution in [3.8, 4) is 5.75 Å². The van der Waals surface area contributed by atoms with E-state index in [0.29, 0.717) is 17.9 Å². The van der Waals surface area contributed by atoms with Gasteiger partial charge in [0.05, 0.1) is 23.5 Å². The van der Waals surface area contributed by atoms with Gasteiger partial charge in [-0.25, -0.2) is 4.98 Å². The third-order valence-electron chi connectivity index (χ3n) is 6.27. The van der Waals surface area contributed by atoms with Gasteiger partial charge in [0, 0.05) is 51.2 Å². The molecule has 0 aliphatic carbocycles. The number of aryl methyl sites for hydroxylation is 1. The van der Waals surface area contributed by atoms with Crippen molar-refractivity contribution in [1.29, 1.82) is 0 Å². The van der Waals surface area contributed by atoms with E-state index in [1.165, 1.54) is 0 Å². The maximum Gasteiger partial charge on any atom is 0.255 e. The van der Waals surface area contributed by atoms with Gasteiger partial charge in [-0.05, 0) is 57.2 Å². The highest BCUT2D eigenvalue weighted by Gasteiger charge is 2.22. The number of pyridine rings is 1. The predicted molar refractivity (Wildman–Crippen MR) is 148 cm³/mol. The number of piperazine rings is 1. The van der Waals surface area contributed by atoms with Crippen LogP contribution >= 0.6 is 0 Å². The lowest BCUT2D eigenvalue weighted by molar-refractivity contribution is 0.0852. The Morgan fingerprint density at radius 3 is 2.49 bits per heavy atom. The second-order valence-electron chi connectivity index (χ2n) is 9.68. The molecule has 1 atom stereocenters. The zero-order valence-electron chi connectivity index (χ0n) is 21.9. The van der Waals surface area contributed by atoms with Crippen LogP contribution in [0.5, 0.6) is 5.75 Å². The Morgan fingerprint density at radius 2 is 1.76 bits per heavy atom. The molecular formula is C29H37N5O3. The Morgan fingerprint density at radius 1 is 1.03 bits per heavy atom. The van der Waals surface area contributed by atoms with Gasteiger partial charge in [0.2, 0.25) is 0 Å². The monoisotopic (exact) mass is 503 g/mol. The van der Waals surface area contributed by atoms with Crippen molar-refractivity contribution in [2.45, 2.75) is 33.0 Å². The highest BCUT2D eigenvalue weighted by atomic mass is 16.5. The summed E-state index contributed by atoms with van der Waals surface area (Å²) in [6, 6.07) is 19.5. The summed E-state index contributed by atoms with van der Waals surface area (Å²) in [6.45, 7) is 10.1. The Bertz CT molecular complexity index is 1160. The van der Waals surface area contributed by atoms with Gasteiger partial charge in [-0.2, -0.15) is 0 Å². The molecule has 1 fully saturated rings. The van der Waals surface area contributed by atoms with Crippen molar-refractivity contribution in [1.82, 2.24) is 15.2 Å². The van der Waals surface area contributed by atoms with Crippen molar-refractivity contribution >= 4 is 23.1 Å². The lowest BCUT2D eigenvalue weighted by Crippen LogP contribution is -2.50. The number of anilines is 3. The summed E-state index contributed by atoms with van der Waals surface area (Å²) in [6.07, 6.45) is 1.10. The number of nitrogens with one attached hydrogen (secondary N) is 2. The molecule has 1 aliphatic rings. The van der Waals surface area contributed by atoms with Gasteiger partial charge in [0.1, 0.15) is 11.6 Å². The number of benzene rings is 2. The van der Waals surface area contributed by atoms with Crippen LogP contribution in [0.2, 0.25) is 0 Å². The van der Waals surface area contributed by atoms with Crippen LogP contribution in [0, 0.1) is 6.92 Å². The van der Waals surface area contributed by atoms with Crippen molar-refractivity contribution < 1.29 is 14.6 Å². The fourth-order valence-electron chi connectivity index (χ4n) is 4.37. The minimum atomic E-state index is -0.669. The smallest absolute Gasteiger partial charge is 0.255 e. The van der Waals surface area contributed by atoms with Crippen LogP contribution in [0.25, 0.3) is 0 Å². The number of ether oxygens (including phenoxy) is 1. The standard InChI is InChI=1S/C29H37N5O3/c1-21(2)37-27-9-5-4-8-26(27)34-17-15-33(16-18-34)20-24(35)19-31-29(36)25-7-6-14-30-28(25)32-23-12-10-22(3)11-13-23/h4-14,21,24,35H,15-20H2,1-3H3,(H,30,32)(H,31,36). The number of amides is 1. The first kappa shape index (κ1) is 26.4. The van der Waals surface area contributed by atoms with E-state index in [1.54, 1.807) is 18.3 Å². The Hall–Kier alpha value is -3.62. The average Bonchev–Trinajstić information content (AvgIpc) is 2.89. The van der Waals surface area contributed by atoms with E-state index in [-0.39, 0.29) is 18.6 Å². The van der Waals surface area contributed by atoms with Crippen molar-refractivity contribution in [2.24, 2.45) is 0 Å². The van der Waals surface area contributed by atoms with Gasteiger partial charge in [0.25, 0.3) is 5.91 Å². The summed E-state index contributed by atoms with van der Waals surface area (Å²) >= 11 is 0. The summed E-state index contributed by atoms with van der Waals surface area (Å²) in [7, 11) is 0. The molecule has 1 saturated heterocycles. The molecule has 8 nitrogen and oxygen atoms in total. The third-order valence-corrected chi connectivity index (χ3v) is 6.27. The molecule has 2 heterocycles. The fourth-order valence-corrected chi connectivity index (χ4v) is 4.37. The van der Waals surface area contributed by atoms with Gasteiger partial charge in [-0.15, -0.1) is 0 Å². The summed E-state index contributed by atoms with van der Waals surface area (Å²) in [4.78, 5) is 21.8. The first-order valence-electron chi connectivity index (χ1n) is 12.9. The van der Waals surface area contributed by atoms with E-state index >= 15 is 0 Å². The summed E-state index contributed by atoms with van der Waals surface area (Å²) in [5.41, 5.74) is 3.56. The van der Waals surface area contributed by atoms with Crippen LogP contribution in [0.4, 0.5) is 17.2 Å². The lowest BCUT2D eigenvalue weighted by atomic mass is 10.2. The molecule has 1 aromatic heterocycles. The highest BCUT2D eigenvalue weighted by molar-refractivity contribution is 5.99. The molecule has 8 heteroatoms. The Balaban J connectivity index is 1.26. The van der Waals surface area contributed by atoms with E-state index in [1.807, 2.05) is 63.2 Å². The van der Waals surface area contributed by atoms with Gasteiger partial charge < -0.3 is 25.4 Å². The summed E-state index contributed by atoms with van der Waals surface area (Å²) in [5.74, 6) is 1.12. The molecule has 3 N–H and O–H groups in total. The second kappa shape index (κ2) is 12.6. The fraction of sp³-hybridized carbons (Fsp3) is 0.379. The van der Waals surface area contributed by atoms with Crippen molar-refractivity contribution in [2.75, 3.05) is 49.5 Å². The van der Waals surface area contributed by atoms with Crippen LogP contribution < -0.4 is 20.3 Å². The highest BCUT2D eigenvalue weighted by Crippen LogP contribution is 2.29. The number of nitrogens with zero attached hydrogens (tertiary/aromatic N) is 3. The number of aromatic nitrogens is 1. The minimum Gasteiger partial charge on any atom is -0.489 e. The van der Waals surface area contributed by atoms with Gasteiger partial charge in [-0.3, -0.25) is 9.69 Å². The molecule has 3 aromatic rings. The third kappa shape index (κ3) is 7.44. The quantitative estimate of drug-likeness (QED) is 0.387. The van der Waals surface area contributed by atoms with Crippen LogP contribution in [-0.2, 0) is 0 Å². The van der Waals surface area contributed by atoms with Crippen molar-refractivity contribution in [3.05, 3.63) is 78.0 Å². The SMILES string of the molecule is Cc1ccc(Nc2ncccc2C(=O)NCC(O)CN2CCN(c3ccccc3OC(C)C)CC2)cc1. The predicted octanol–water partition coefficient (Wildman–Crippen LogP) is 3.83. The second-order valence-corrected chi connectivity index (χ2v) is 9.68. The van der Waals surface area contributed by atoms with Crippen molar-refractivity contribution in [3.63, 3.8) is 0 Å². The van der Waals surface area contributed by atoms with E-state index in [9.17, 15) is 9.90 Å². The number of carbonyl (C=O) groups excluding carboxylic acids is 1. The topological polar surface area (TPSA) is 90.0 Å². The van der Waals surface area contributed by atoms with E-state index in [0.717, 1.165) is 48.9 Å². The summed E-state index contributed by atoms with van der Waals surface area (Å²) < 4.78 is 5.98. The Labute approximate surface area is 219 Å². The van der Waals surface area contributed by atoms with Crippen LogP contribution in [0.1, 0.15) is 29.8 Å². The molecule has 0 bridgehead atoms. The maximum absolute atomic E-state index is 12.9. The summed E-state index contributed by atoms with van der Waals surface area (Å²) in [5, 5.41) is 16.7. The molecule has 4 rings (SSSR count). The van der Waals surface area contributed by atoms with Gasteiger partial charge in [0.15, 0.2) is 0 Å². The van der Waals surface area contributed by atoms with Crippen LogP contribution in [-0.4, -0.2) is 72.4 Å². The molecule has 37 heavy (non-hydrogen) atoms. The van der Waals surface area contributed by atoms with E-state index < -0.39 is 6.10 Å². The number of para-hydroxylation sites is 2. The molecule has 1 aliphatic heterocycles.